The quantitative estimate of drug-likeness (QED) is 0.704. The van der Waals surface area contributed by atoms with Gasteiger partial charge in [0.25, 0.3) is 0 Å². The summed E-state index contributed by atoms with van der Waals surface area (Å²) < 4.78 is 59.0. The van der Waals surface area contributed by atoms with Gasteiger partial charge in [0.15, 0.2) is 0 Å². The van der Waals surface area contributed by atoms with E-state index in [9.17, 15) is 17.7 Å². The van der Waals surface area contributed by atoms with Crippen LogP contribution in [-0.4, -0.2) is 15.8 Å². The van der Waals surface area contributed by atoms with Gasteiger partial charge >= 0.3 is 22.2 Å². The number of halogens is 3. The minimum Gasteiger partial charge on any atom is -0.248 e. The molecule has 15 heavy (non-hydrogen) atoms. The van der Waals surface area contributed by atoms with Crippen LogP contribution in [-0.2, 0) is 8.42 Å². The molecule has 1 rings (SSSR count). The second-order valence-corrected chi connectivity index (χ2v) is 4.23. The van der Waals surface area contributed by atoms with E-state index in [1.807, 2.05) is 0 Å². The maximum atomic E-state index is 11.9. The molecule has 1 aliphatic rings. The highest BCUT2D eigenvalue weighted by atomic mass is 32.3. The summed E-state index contributed by atoms with van der Waals surface area (Å²) in [6.45, 7) is 3.50. The molecular formula is C8H7F3O3S+. The molecule has 1 unspecified atom stereocenters. The van der Waals surface area contributed by atoms with Gasteiger partial charge in [-0.05, 0) is 17.7 Å². The highest BCUT2D eigenvalue weighted by Gasteiger charge is 2.63. The zero-order valence-electron chi connectivity index (χ0n) is 7.32. The molecule has 0 spiro atoms. The van der Waals surface area contributed by atoms with Gasteiger partial charge in [-0.3, -0.25) is 0 Å². The molecule has 1 atom stereocenters. The number of hydrogen-bond acceptors (Lipinski definition) is 1. The van der Waals surface area contributed by atoms with Crippen molar-refractivity contribution in [2.24, 2.45) is 0 Å². The average molecular weight is 240 g/mol. The van der Waals surface area contributed by atoms with E-state index in [0.717, 1.165) is 12.2 Å². The first-order valence-corrected chi connectivity index (χ1v) is 5.11. The molecule has 7 heteroatoms. The molecule has 0 aromatic rings. The van der Waals surface area contributed by atoms with E-state index in [0.29, 0.717) is 5.57 Å². The van der Waals surface area contributed by atoms with Crippen LogP contribution in [0.15, 0.2) is 36.5 Å². The van der Waals surface area contributed by atoms with Crippen molar-refractivity contribution in [2.45, 2.75) is 5.51 Å². The Morgan fingerprint density at radius 2 is 1.73 bits per heavy atom. The first-order valence-electron chi connectivity index (χ1n) is 3.67. The van der Waals surface area contributed by atoms with Crippen LogP contribution in [0.3, 0.4) is 0 Å². The zero-order chi connectivity index (χ0) is 11.7. The van der Waals surface area contributed by atoms with Crippen molar-refractivity contribution in [3.63, 3.8) is 0 Å². The number of carbonyl (C=O) groups excluding carboxylic acids is 1. The predicted molar refractivity (Wildman–Crippen MR) is 49.4 cm³/mol. The molecule has 1 radical (unpaired) electrons. The fourth-order valence-electron chi connectivity index (χ4n) is 0.723. The van der Waals surface area contributed by atoms with E-state index >= 15 is 0 Å². The van der Waals surface area contributed by atoms with Gasteiger partial charge in [0, 0.05) is 12.2 Å². The second-order valence-electron chi connectivity index (χ2n) is 2.65. The minimum absolute atomic E-state index is 0.341. The third-order valence-electron chi connectivity index (χ3n) is 1.43. The highest BCUT2D eigenvalue weighted by molar-refractivity contribution is 8.18. The summed E-state index contributed by atoms with van der Waals surface area (Å²) in [4.78, 5) is 0. The smallest absolute Gasteiger partial charge is 0.248 e. The van der Waals surface area contributed by atoms with Crippen LogP contribution in [0.5, 0.6) is 0 Å². The summed E-state index contributed by atoms with van der Waals surface area (Å²) in [6.07, 6.45) is 4.98. The van der Waals surface area contributed by atoms with E-state index in [1.54, 1.807) is 0 Å². The van der Waals surface area contributed by atoms with Gasteiger partial charge < -0.3 is 0 Å². The summed E-state index contributed by atoms with van der Waals surface area (Å²) in [6, 6.07) is 0. The van der Waals surface area contributed by atoms with Crippen molar-refractivity contribution >= 4 is 16.7 Å². The number of rotatable bonds is 1. The van der Waals surface area contributed by atoms with Crippen LogP contribution < -0.4 is 0 Å². The molecule has 0 saturated heterocycles. The second kappa shape index (κ2) is 3.84. The van der Waals surface area contributed by atoms with E-state index in [2.05, 4.69) is 10.5 Å². The van der Waals surface area contributed by atoms with Crippen molar-refractivity contribution in [3.05, 3.63) is 36.5 Å². The molecule has 0 amide bonds. The zero-order valence-corrected chi connectivity index (χ0v) is 8.14. The van der Waals surface area contributed by atoms with Gasteiger partial charge in [0.05, 0.1) is 0 Å². The normalized spacial score (nSPS) is 18.2. The van der Waals surface area contributed by atoms with Crippen molar-refractivity contribution in [3.8, 4) is 0 Å². The molecule has 0 aliphatic heterocycles. The summed E-state index contributed by atoms with van der Waals surface area (Å²) in [7, 11) is -5.33. The molecule has 1 aliphatic carbocycles. The van der Waals surface area contributed by atoms with E-state index in [1.165, 1.54) is 12.2 Å². The fraction of sp³-hybridized carbons (Fsp3) is 0.125. The van der Waals surface area contributed by atoms with Gasteiger partial charge in [-0.25, -0.2) is 4.55 Å². The maximum absolute atomic E-state index is 11.9. The topological polar surface area (TPSA) is 51.4 Å². The van der Waals surface area contributed by atoms with Crippen LogP contribution in [0.4, 0.5) is 13.2 Å². The number of hydrogen-bond donors (Lipinski definition) is 1. The Balaban J connectivity index is 2.94. The van der Waals surface area contributed by atoms with Crippen molar-refractivity contribution in [2.75, 3.05) is 0 Å². The van der Waals surface area contributed by atoms with Crippen LogP contribution >= 0.6 is 10.9 Å². The van der Waals surface area contributed by atoms with Crippen LogP contribution in [0.25, 0.3) is 0 Å². The molecule has 0 aromatic carbocycles. The third kappa shape index (κ3) is 2.95. The van der Waals surface area contributed by atoms with Crippen LogP contribution in [0.2, 0.25) is 0 Å². The molecule has 0 bridgehead atoms. The highest BCUT2D eigenvalue weighted by Crippen LogP contribution is 2.55. The fourth-order valence-corrected chi connectivity index (χ4v) is 1.19. The van der Waals surface area contributed by atoms with Crippen LogP contribution in [0, 0.1) is 0 Å². The Hall–Kier alpha value is -1.05. The number of ketones is 1. The Bertz CT molecular complexity index is 348. The molecule has 1 N–H and O–H groups in total. The summed E-state index contributed by atoms with van der Waals surface area (Å²) in [5.74, 6) is -0.341. The first-order chi connectivity index (χ1) is 6.72. The van der Waals surface area contributed by atoms with E-state index in [-0.39, 0.29) is 5.78 Å². The van der Waals surface area contributed by atoms with Crippen molar-refractivity contribution in [1.29, 1.82) is 0 Å². The largest absolute Gasteiger partial charge is 0.562 e. The summed E-state index contributed by atoms with van der Waals surface area (Å²) in [5, 5.41) is 0. The maximum Gasteiger partial charge on any atom is 0.562 e. The molecular weight excluding hydrogens is 233 g/mol. The third-order valence-corrected chi connectivity index (χ3v) is 2.43. The minimum atomic E-state index is -5.33. The van der Waals surface area contributed by atoms with Gasteiger partial charge in [-0.1, -0.05) is 11.1 Å². The molecule has 0 saturated carbocycles. The lowest BCUT2D eigenvalue weighted by Crippen LogP contribution is -2.20. The van der Waals surface area contributed by atoms with Crippen LogP contribution in [0.1, 0.15) is 0 Å². The lowest BCUT2D eigenvalue weighted by Gasteiger charge is -2.10. The van der Waals surface area contributed by atoms with Gasteiger partial charge in [-0.15, -0.1) is 3.87 Å². The van der Waals surface area contributed by atoms with Gasteiger partial charge in [0.1, 0.15) is 0 Å². The Labute approximate surface area is 85.5 Å². The van der Waals surface area contributed by atoms with Crippen molar-refractivity contribution < 1.29 is 26.1 Å². The molecule has 0 heterocycles. The van der Waals surface area contributed by atoms with Crippen molar-refractivity contribution in [1.82, 2.24) is 0 Å². The molecule has 0 aromatic heterocycles. The molecule has 3 nitrogen and oxygen atoms in total. The molecule has 83 valence electrons. The standard InChI is InChI=1S/C8H6F3O3S/c1-6-2-4-7(5-3-6)14-15(12,13)8(9,10)11/h2-5H,1H2/p+1. The SMILES string of the molecule is C=C1C=CC(=[O+]S([O])(O)C(F)(F)F)C=C1. The summed E-state index contributed by atoms with van der Waals surface area (Å²) in [5.41, 5.74) is -4.75. The van der Waals surface area contributed by atoms with Gasteiger partial charge in [0.2, 0.25) is 0 Å². The molecule has 0 fully saturated rings. The van der Waals surface area contributed by atoms with Gasteiger partial charge in [-0.2, -0.15) is 13.2 Å². The first kappa shape index (κ1) is 12.0. The Morgan fingerprint density at radius 3 is 2.13 bits per heavy atom. The summed E-state index contributed by atoms with van der Waals surface area (Å²) >= 11 is 0. The predicted octanol–water partition coefficient (Wildman–Crippen LogP) is 2.83. The average Bonchev–Trinajstić information content (AvgIpc) is 2.06. The van der Waals surface area contributed by atoms with E-state index < -0.39 is 16.4 Å². The number of allylic oxidation sites excluding steroid dienone is 5. The Kier molecular flexibility index (Phi) is 3.08. The lowest BCUT2D eigenvalue weighted by molar-refractivity contribution is -0.307. The Morgan fingerprint density at radius 1 is 1.27 bits per heavy atom. The number of alkyl halides is 3. The van der Waals surface area contributed by atoms with E-state index in [4.69, 9.17) is 4.55 Å². The monoisotopic (exact) mass is 240 g/mol. The lowest BCUT2D eigenvalue weighted by atomic mass is 10.1.